The van der Waals surface area contributed by atoms with E-state index in [1.165, 1.54) is 5.69 Å². The average Bonchev–Trinajstić information content (AvgIpc) is 2.78. The van der Waals surface area contributed by atoms with Crippen molar-refractivity contribution in [3.05, 3.63) is 29.8 Å². The van der Waals surface area contributed by atoms with Gasteiger partial charge in [-0.3, -0.25) is 4.79 Å². The number of carbonyl (C=O) groups is 2. The summed E-state index contributed by atoms with van der Waals surface area (Å²) in [5.74, 6) is 0.711. The van der Waals surface area contributed by atoms with Crippen LogP contribution in [0.4, 0.5) is 10.5 Å². The third kappa shape index (κ3) is 5.88. The van der Waals surface area contributed by atoms with Crippen LogP contribution in [0.1, 0.15) is 44.0 Å². The number of ether oxygens (including phenoxy) is 1. The molecule has 0 atom stereocenters. The molecule has 0 aromatic heterocycles. The van der Waals surface area contributed by atoms with E-state index in [2.05, 4.69) is 36.2 Å². The lowest BCUT2D eigenvalue weighted by molar-refractivity contribution is 0.0570. The standard InChI is InChI=1S/C23H36N4O3/c1-4-30-23(29)27-15-13-26(14-16-27)22(28)19-5-7-21(8-6-19)25-11-9-20(10-12-25)24-17-18(2)3/h5-8,18,20,24H,4,9-17H2,1-3H3. The molecule has 1 N–H and O–H groups in total. The first-order valence-corrected chi connectivity index (χ1v) is 11.3. The van der Waals surface area contributed by atoms with Crippen molar-refractivity contribution in [1.82, 2.24) is 15.1 Å². The van der Waals surface area contributed by atoms with Gasteiger partial charge in [0.15, 0.2) is 0 Å². The number of piperazine rings is 1. The van der Waals surface area contributed by atoms with Gasteiger partial charge in [-0.2, -0.15) is 0 Å². The van der Waals surface area contributed by atoms with Gasteiger partial charge in [-0.1, -0.05) is 13.8 Å². The Morgan fingerprint density at radius 3 is 2.17 bits per heavy atom. The molecular weight excluding hydrogens is 380 g/mol. The van der Waals surface area contributed by atoms with Gasteiger partial charge in [0.1, 0.15) is 0 Å². The summed E-state index contributed by atoms with van der Waals surface area (Å²) < 4.78 is 5.04. The van der Waals surface area contributed by atoms with Crippen LogP contribution in [-0.2, 0) is 4.74 Å². The number of piperidine rings is 1. The normalized spacial score (nSPS) is 18.1. The third-order valence-corrected chi connectivity index (χ3v) is 5.88. The largest absolute Gasteiger partial charge is 0.450 e. The van der Waals surface area contributed by atoms with Gasteiger partial charge in [-0.05, 0) is 56.5 Å². The summed E-state index contributed by atoms with van der Waals surface area (Å²) in [6.07, 6.45) is 2.01. The second kappa shape index (κ2) is 10.7. The first kappa shape index (κ1) is 22.4. The molecule has 0 saturated carbocycles. The molecule has 7 nitrogen and oxygen atoms in total. The number of rotatable bonds is 6. The van der Waals surface area contributed by atoms with Crippen molar-refractivity contribution in [1.29, 1.82) is 0 Å². The zero-order valence-electron chi connectivity index (χ0n) is 18.6. The molecular formula is C23H36N4O3. The zero-order chi connectivity index (χ0) is 21.5. The molecule has 1 aromatic rings. The van der Waals surface area contributed by atoms with Gasteiger partial charge in [0.25, 0.3) is 5.91 Å². The van der Waals surface area contributed by atoms with E-state index in [0.29, 0.717) is 50.3 Å². The maximum Gasteiger partial charge on any atom is 0.409 e. The molecule has 2 aliphatic heterocycles. The maximum atomic E-state index is 12.8. The highest BCUT2D eigenvalue weighted by Gasteiger charge is 2.26. The number of amides is 2. The molecule has 2 amide bonds. The molecule has 0 spiro atoms. The Bertz CT molecular complexity index is 691. The third-order valence-electron chi connectivity index (χ3n) is 5.88. The number of carbonyl (C=O) groups excluding carboxylic acids is 2. The first-order valence-electron chi connectivity index (χ1n) is 11.3. The summed E-state index contributed by atoms with van der Waals surface area (Å²) in [7, 11) is 0. The summed E-state index contributed by atoms with van der Waals surface area (Å²) in [6, 6.07) is 8.59. The molecule has 2 aliphatic rings. The van der Waals surface area contributed by atoms with Crippen LogP contribution in [0.25, 0.3) is 0 Å². The lowest BCUT2D eigenvalue weighted by atomic mass is 10.0. The summed E-state index contributed by atoms with van der Waals surface area (Å²) in [5.41, 5.74) is 1.89. The van der Waals surface area contributed by atoms with Crippen LogP contribution in [0.3, 0.4) is 0 Å². The highest BCUT2D eigenvalue weighted by molar-refractivity contribution is 5.94. The quantitative estimate of drug-likeness (QED) is 0.773. The van der Waals surface area contributed by atoms with Gasteiger partial charge in [-0.25, -0.2) is 4.79 Å². The van der Waals surface area contributed by atoms with Gasteiger partial charge in [-0.15, -0.1) is 0 Å². The van der Waals surface area contributed by atoms with Crippen LogP contribution in [-0.4, -0.2) is 80.3 Å². The Balaban J connectivity index is 1.48. The van der Waals surface area contributed by atoms with E-state index in [9.17, 15) is 9.59 Å². The molecule has 2 heterocycles. The van der Waals surface area contributed by atoms with Crippen LogP contribution in [0.2, 0.25) is 0 Å². The van der Waals surface area contributed by atoms with Crippen LogP contribution < -0.4 is 10.2 Å². The van der Waals surface area contributed by atoms with Crippen molar-refractivity contribution >= 4 is 17.7 Å². The van der Waals surface area contributed by atoms with Crippen LogP contribution in [0, 0.1) is 5.92 Å². The van der Waals surface area contributed by atoms with E-state index in [1.54, 1.807) is 11.8 Å². The Morgan fingerprint density at radius 1 is 1.00 bits per heavy atom. The van der Waals surface area contributed by atoms with Gasteiger partial charge in [0, 0.05) is 56.6 Å². The Hall–Kier alpha value is -2.28. The number of hydrogen-bond donors (Lipinski definition) is 1. The first-order chi connectivity index (χ1) is 14.5. The van der Waals surface area contributed by atoms with E-state index in [-0.39, 0.29) is 12.0 Å². The van der Waals surface area contributed by atoms with Crippen molar-refractivity contribution in [2.24, 2.45) is 5.92 Å². The Kier molecular flexibility index (Phi) is 7.96. The monoisotopic (exact) mass is 416 g/mol. The summed E-state index contributed by atoms with van der Waals surface area (Å²) >= 11 is 0. The van der Waals surface area contributed by atoms with E-state index in [1.807, 2.05) is 17.0 Å². The van der Waals surface area contributed by atoms with E-state index >= 15 is 0 Å². The van der Waals surface area contributed by atoms with Gasteiger partial charge >= 0.3 is 6.09 Å². The predicted molar refractivity (Wildman–Crippen MR) is 119 cm³/mol. The minimum Gasteiger partial charge on any atom is -0.450 e. The molecule has 30 heavy (non-hydrogen) atoms. The fourth-order valence-corrected chi connectivity index (χ4v) is 4.05. The van der Waals surface area contributed by atoms with Crippen LogP contribution >= 0.6 is 0 Å². The molecule has 3 rings (SSSR count). The summed E-state index contributed by atoms with van der Waals surface area (Å²) in [5, 5.41) is 3.66. The number of nitrogens with one attached hydrogen (secondary N) is 1. The van der Waals surface area contributed by atoms with Crippen molar-refractivity contribution in [3.8, 4) is 0 Å². The fraction of sp³-hybridized carbons (Fsp3) is 0.652. The smallest absolute Gasteiger partial charge is 0.409 e. The van der Waals surface area contributed by atoms with Gasteiger partial charge in [0.2, 0.25) is 0 Å². The molecule has 0 aliphatic carbocycles. The minimum absolute atomic E-state index is 0.0293. The van der Waals surface area contributed by atoms with Crippen molar-refractivity contribution in [2.75, 3.05) is 57.3 Å². The second-order valence-electron chi connectivity index (χ2n) is 8.59. The molecule has 0 radical (unpaired) electrons. The highest BCUT2D eigenvalue weighted by Crippen LogP contribution is 2.21. The molecule has 7 heteroatoms. The number of benzene rings is 1. The Morgan fingerprint density at radius 2 is 1.60 bits per heavy atom. The molecule has 0 bridgehead atoms. The highest BCUT2D eigenvalue weighted by atomic mass is 16.6. The molecule has 2 fully saturated rings. The molecule has 166 valence electrons. The van der Waals surface area contributed by atoms with Crippen molar-refractivity contribution in [2.45, 2.75) is 39.7 Å². The predicted octanol–water partition coefficient (Wildman–Crippen LogP) is 2.82. The topological polar surface area (TPSA) is 65.1 Å². The van der Waals surface area contributed by atoms with Gasteiger partial charge < -0.3 is 24.8 Å². The fourth-order valence-electron chi connectivity index (χ4n) is 4.05. The summed E-state index contributed by atoms with van der Waals surface area (Å²) in [6.45, 7) is 11.9. The Labute approximate surface area is 180 Å². The van der Waals surface area contributed by atoms with E-state index in [4.69, 9.17) is 4.74 Å². The minimum atomic E-state index is -0.294. The SMILES string of the molecule is CCOC(=O)N1CCN(C(=O)c2ccc(N3CCC(NCC(C)C)CC3)cc2)CC1. The van der Waals surface area contributed by atoms with Crippen molar-refractivity contribution < 1.29 is 14.3 Å². The number of hydrogen-bond acceptors (Lipinski definition) is 5. The van der Waals surface area contributed by atoms with Crippen molar-refractivity contribution in [3.63, 3.8) is 0 Å². The second-order valence-corrected chi connectivity index (χ2v) is 8.59. The number of nitrogens with zero attached hydrogens (tertiary/aromatic N) is 3. The maximum absolute atomic E-state index is 12.8. The molecule has 0 unspecified atom stereocenters. The average molecular weight is 417 g/mol. The van der Waals surface area contributed by atoms with E-state index < -0.39 is 0 Å². The van der Waals surface area contributed by atoms with Gasteiger partial charge in [0.05, 0.1) is 6.61 Å². The van der Waals surface area contributed by atoms with Crippen LogP contribution in [0.5, 0.6) is 0 Å². The van der Waals surface area contributed by atoms with E-state index in [0.717, 1.165) is 32.5 Å². The molecule has 1 aromatic carbocycles. The lowest BCUT2D eigenvalue weighted by Crippen LogP contribution is -2.50. The number of anilines is 1. The summed E-state index contributed by atoms with van der Waals surface area (Å²) in [4.78, 5) is 30.5. The van der Waals surface area contributed by atoms with Crippen LogP contribution in [0.15, 0.2) is 24.3 Å². The zero-order valence-corrected chi connectivity index (χ0v) is 18.6. The molecule has 2 saturated heterocycles. The lowest BCUT2D eigenvalue weighted by Gasteiger charge is -2.35.